The van der Waals surface area contributed by atoms with E-state index in [2.05, 4.69) is 34.5 Å². The molecule has 0 spiro atoms. The van der Waals surface area contributed by atoms with E-state index in [1.54, 1.807) is 18.2 Å². The van der Waals surface area contributed by atoms with Gasteiger partial charge in [0, 0.05) is 30.9 Å². The number of nitrogens with zero attached hydrogens (tertiary/aromatic N) is 1. The van der Waals surface area contributed by atoms with E-state index in [4.69, 9.17) is 14.2 Å². The van der Waals surface area contributed by atoms with Crippen LogP contribution in [0.1, 0.15) is 22.0 Å². The van der Waals surface area contributed by atoms with Gasteiger partial charge in [0.2, 0.25) is 6.79 Å². The van der Waals surface area contributed by atoms with Gasteiger partial charge in [0.1, 0.15) is 19.1 Å². The molecule has 2 heterocycles. The molecule has 0 aliphatic carbocycles. The molecule has 2 aliphatic heterocycles. The summed E-state index contributed by atoms with van der Waals surface area (Å²) in [5.41, 5.74) is 2.96. The number of nitrogens with one attached hydrogen (secondary N) is 2. The highest BCUT2D eigenvalue weighted by atomic mass is 16.7. The van der Waals surface area contributed by atoms with Gasteiger partial charge < -0.3 is 29.3 Å². The molecule has 2 aromatic carbocycles. The smallest absolute Gasteiger partial charge is 0.251 e. The van der Waals surface area contributed by atoms with Crippen molar-refractivity contribution >= 4 is 11.6 Å². The normalized spacial score (nSPS) is 17.0. The van der Waals surface area contributed by atoms with Crippen molar-refractivity contribution in [2.24, 2.45) is 0 Å². The molecule has 0 bridgehead atoms. The minimum absolute atomic E-state index is 0.106. The van der Waals surface area contributed by atoms with Crippen LogP contribution in [0, 0.1) is 0 Å². The summed E-state index contributed by atoms with van der Waals surface area (Å²) >= 11 is 0. The summed E-state index contributed by atoms with van der Waals surface area (Å²) in [4.78, 5) is 16.3. The molecular formula is C22H28N3O4+. The molecule has 1 saturated heterocycles. The zero-order valence-corrected chi connectivity index (χ0v) is 16.9. The molecular weight excluding hydrogens is 370 g/mol. The van der Waals surface area contributed by atoms with Crippen LogP contribution >= 0.6 is 0 Å². The van der Waals surface area contributed by atoms with Gasteiger partial charge in [0.25, 0.3) is 5.91 Å². The second-order valence-electron chi connectivity index (χ2n) is 7.59. The Kier molecular flexibility index (Phi) is 5.87. The zero-order chi connectivity index (χ0) is 20.2. The molecule has 29 heavy (non-hydrogen) atoms. The van der Waals surface area contributed by atoms with E-state index in [-0.39, 0.29) is 18.7 Å². The van der Waals surface area contributed by atoms with Crippen molar-refractivity contribution in [3.05, 3.63) is 53.6 Å². The number of anilines is 1. The van der Waals surface area contributed by atoms with Crippen LogP contribution in [0.4, 0.5) is 5.69 Å². The topological polar surface area (TPSA) is 64.5 Å². The van der Waals surface area contributed by atoms with E-state index in [9.17, 15) is 4.79 Å². The number of carbonyl (C=O) groups excluding carboxylic acids is 1. The highest BCUT2D eigenvalue weighted by molar-refractivity contribution is 5.94. The predicted octanol–water partition coefficient (Wildman–Crippen LogP) is 0.868. The number of amides is 1. The van der Waals surface area contributed by atoms with Crippen molar-refractivity contribution in [2.75, 3.05) is 58.6 Å². The lowest BCUT2D eigenvalue weighted by Gasteiger charge is -2.32. The maximum atomic E-state index is 12.8. The van der Waals surface area contributed by atoms with Crippen molar-refractivity contribution in [2.45, 2.75) is 6.04 Å². The van der Waals surface area contributed by atoms with E-state index < -0.39 is 0 Å². The summed E-state index contributed by atoms with van der Waals surface area (Å²) in [7, 11) is 4.07. The average molecular weight is 398 g/mol. The zero-order valence-electron chi connectivity index (χ0n) is 16.9. The van der Waals surface area contributed by atoms with Gasteiger partial charge >= 0.3 is 0 Å². The third-order valence-corrected chi connectivity index (χ3v) is 5.54. The lowest BCUT2D eigenvalue weighted by Crippen LogP contribution is -3.15. The molecule has 2 aliphatic rings. The fourth-order valence-corrected chi connectivity index (χ4v) is 3.82. The van der Waals surface area contributed by atoms with Crippen LogP contribution in [0.2, 0.25) is 0 Å². The van der Waals surface area contributed by atoms with Crippen LogP contribution < -0.4 is 24.6 Å². The van der Waals surface area contributed by atoms with Crippen LogP contribution in [0.3, 0.4) is 0 Å². The van der Waals surface area contributed by atoms with E-state index in [0.717, 1.165) is 32.0 Å². The third kappa shape index (κ3) is 4.46. The average Bonchev–Trinajstić information content (AvgIpc) is 3.23. The Balaban J connectivity index is 1.48. The van der Waals surface area contributed by atoms with Crippen molar-refractivity contribution in [1.82, 2.24) is 5.32 Å². The maximum Gasteiger partial charge on any atom is 0.251 e. The Labute approximate surface area is 171 Å². The first kappa shape index (κ1) is 19.5. The molecule has 0 radical (unpaired) electrons. The summed E-state index contributed by atoms with van der Waals surface area (Å²) < 4.78 is 16.2. The first-order valence-corrected chi connectivity index (χ1v) is 9.99. The number of rotatable bonds is 6. The fourth-order valence-electron chi connectivity index (χ4n) is 3.82. The van der Waals surface area contributed by atoms with Crippen LogP contribution in [0.15, 0.2) is 42.5 Å². The molecule has 0 aromatic heterocycles. The first-order chi connectivity index (χ1) is 14.1. The lowest BCUT2D eigenvalue weighted by atomic mass is 10.0. The van der Waals surface area contributed by atoms with Gasteiger partial charge in [-0.25, -0.2) is 0 Å². The molecule has 0 unspecified atom stereocenters. The highest BCUT2D eigenvalue weighted by Gasteiger charge is 2.27. The maximum absolute atomic E-state index is 12.8. The Morgan fingerprint density at radius 2 is 1.79 bits per heavy atom. The monoisotopic (exact) mass is 398 g/mol. The Hall–Kier alpha value is -2.77. The SMILES string of the molecule is CN(C)c1ccc([C@H](CNC(=O)c2ccc3c(c2)OCO3)[NH+]2CCOCC2)cc1. The molecule has 7 nitrogen and oxygen atoms in total. The molecule has 2 N–H and O–H groups in total. The molecule has 1 fully saturated rings. The van der Waals surface area contributed by atoms with Gasteiger partial charge in [0.05, 0.1) is 19.8 Å². The van der Waals surface area contributed by atoms with Crippen LogP contribution in [-0.4, -0.2) is 59.6 Å². The summed E-state index contributed by atoms with van der Waals surface area (Å²) in [6, 6.07) is 14.0. The first-order valence-electron chi connectivity index (χ1n) is 9.99. The number of fused-ring (bicyclic) bond motifs is 1. The largest absolute Gasteiger partial charge is 0.454 e. The van der Waals surface area contributed by atoms with E-state index in [1.807, 2.05) is 14.1 Å². The van der Waals surface area contributed by atoms with Crippen molar-refractivity contribution in [3.63, 3.8) is 0 Å². The van der Waals surface area contributed by atoms with E-state index >= 15 is 0 Å². The van der Waals surface area contributed by atoms with Crippen molar-refractivity contribution < 1.29 is 23.9 Å². The standard InChI is InChI=1S/C22H27N3O4/c1-24(2)18-6-3-16(4-7-18)19(25-9-11-27-12-10-25)14-23-22(26)17-5-8-20-21(13-17)29-15-28-20/h3-8,13,19H,9-12,14-15H2,1-2H3,(H,23,26)/p+1/t19-/m0/s1. The van der Waals surface area contributed by atoms with Gasteiger partial charge in [-0.1, -0.05) is 12.1 Å². The summed E-state index contributed by atoms with van der Waals surface area (Å²) in [5, 5.41) is 3.12. The van der Waals surface area contributed by atoms with Crippen molar-refractivity contribution in [3.8, 4) is 11.5 Å². The molecule has 1 atom stereocenters. The van der Waals surface area contributed by atoms with Crippen LogP contribution in [0.25, 0.3) is 0 Å². The number of morpholine rings is 1. The number of hydrogen-bond donors (Lipinski definition) is 2. The summed E-state index contributed by atoms with van der Waals surface area (Å²) in [6.45, 7) is 4.12. The van der Waals surface area contributed by atoms with E-state index in [1.165, 1.54) is 10.5 Å². The lowest BCUT2D eigenvalue weighted by molar-refractivity contribution is -0.937. The van der Waals surface area contributed by atoms with Crippen molar-refractivity contribution in [1.29, 1.82) is 0 Å². The number of benzene rings is 2. The van der Waals surface area contributed by atoms with Gasteiger partial charge in [-0.2, -0.15) is 0 Å². The van der Waals surface area contributed by atoms with Gasteiger partial charge in [-0.3, -0.25) is 4.79 Å². The Morgan fingerprint density at radius 1 is 1.07 bits per heavy atom. The molecule has 2 aromatic rings. The number of ether oxygens (including phenoxy) is 3. The minimum atomic E-state index is -0.106. The fraction of sp³-hybridized carbons (Fsp3) is 0.409. The summed E-state index contributed by atoms with van der Waals surface area (Å²) in [5.74, 6) is 1.19. The van der Waals surface area contributed by atoms with E-state index in [0.29, 0.717) is 23.6 Å². The quantitative estimate of drug-likeness (QED) is 0.756. The molecule has 1 amide bonds. The summed E-state index contributed by atoms with van der Waals surface area (Å²) in [6.07, 6.45) is 0. The van der Waals surface area contributed by atoms with Gasteiger partial charge in [-0.15, -0.1) is 0 Å². The van der Waals surface area contributed by atoms with Gasteiger partial charge in [-0.05, 0) is 30.3 Å². The highest BCUT2D eigenvalue weighted by Crippen LogP contribution is 2.32. The number of carbonyl (C=O) groups is 1. The molecule has 4 rings (SSSR count). The van der Waals surface area contributed by atoms with Crippen LogP contribution in [0.5, 0.6) is 11.5 Å². The Morgan fingerprint density at radius 3 is 2.52 bits per heavy atom. The third-order valence-electron chi connectivity index (χ3n) is 5.54. The van der Waals surface area contributed by atoms with Gasteiger partial charge in [0.15, 0.2) is 11.5 Å². The molecule has 7 heteroatoms. The number of quaternary nitrogens is 1. The molecule has 0 saturated carbocycles. The minimum Gasteiger partial charge on any atom is -0.454 e. The second kappa shape index (κ2) is 8.71. The second-order valence-corrected chi connectivity index (χ2v) is 7.59. The Bertz CT molecular complexity index is 848. The number of hydrogen-bond acceptors (Lipinski definition) is 5. The predicted molar refractivity (Wildman–Crippen MR) is 110 cm³/mol. The van der Waals surface area contributed by atoms with Crippen LogP contribution in [-0.2, 0) is 4.74 Å². The molecule has 154 valence electrons.